The summed E-state index contributed by atoms with van der Waals surface area (Å²) in [6.07, 6.45) is 0.411. The highest BCUT2D eigenvalue weighted by molar-refractivity contribution is 5.26. The molecule has 2 rings (SSSR count). The van der Waals surface area contributed by atoms with Gasteiger partial charge in [-0.1, -0.05) is 60.7 Å². The molecule has 0 radical (unpaired) electrons. The summed E-state index contributed by atoms with van der Waals surface area (Å²) in [6.45, 7) is -0.286. The van der Waals surface area contributed by atoms with Crippen molar-refractivity contribution in [2.75, 3.05) is 6.61 Å². The highest BCUT2D eigenvalue weighted by Crippen LogP contribution is 2.25. The van der Waals surface area contributed by atoms with Gasteiger partial charge in [0.2, 0.25) is 0 Å². The summed E-state index contributed by atoms with van der Waals surface area (Å²) < 4.78 is 0. The van der Waals surface area contributed by atoms with Crippen LogP contribution in [0.3, 0.4) is 0 Å². The minimum Gasteiger partial charge on any atom is -0.393 e. The molecule has 1 atom stereocenters. The zero-order chi connectivity index (χ0) is 12.1. The summed E-state index contributed by atoms with van der Waals surface area (Å²) >= 11 is 0. The highest BCUT2D eigenvalue weighted by atomic mass is 16.3. The SMILES string of the molecule is OC[C@](O)(Cc1ccccc1)c1ccccc1. The van der Waals surface area contributed by atoms with Crippen LogP contribution in [0.1, 0.15) is 11.1 Å². The quantitative estimate of drug-likeness (QED) is 0.841. The minimum atomic E-state index is -1.21. The first-order valence-corrected chi connectivity index (χ1v) is 5.67. The van der Waals surface area contributed by atoms with Gasteiger partial charge in [-0.15, -0.1) is 0 Å². The van der Waals surface area contributed by atoms with E-state index in [0.717, 1.165) is 11.1 Å². The number of rotatable bonds is 4. The van der Waals surface area contributed by atoms with Crippen LogP contribution < -0.4 is 0 Å². The van der Waals surface area contributed by atoms with E-state index in [0.29, 0.717) is 6.42 Å². The summed E-state index contributed by atoms with van der Waals surface area (Å²) in [5.41, 5.74) is 0.544. The Morgan fingerprint density at radius 2 is 1.35 bits per heavy atom. The average molecular weight is 228 g/mol. The van der Waals surface area contributed by atoms with E-state index in [1.165, 1.54) is 0 Å². The van der Waals surface area contributed by atoms with E-state index in [1.54, 1.807) is 0 Å². The third-order valence-electron chi connectivity index (χ3n) is 2.91. The number of hydrogen-bond donors (Lipinski definition) is 2. The normalized spacial score (nSPS) is 14.2. The van der Waals surface area contributed by atoms with Gasteiger partial charge in [0.15, 0.2) is 0 Å². The van der Waals surface area contributed by atoms with Gasteiger partial charge in [0, 0.05) is 6.42 Å². The van der Waals surface area contributed by atoms with E-state index in [1.807, 2.05) is 60.7 Å². The fourth-order valence-corrected chi connectivity index (χ4v) is 1.93. The average Bonchev–Trinajstić information content (AvgIpc) is 2.41. The topological polar surface area (TPSA) is 40.5 Å². The van der Waals surface area contributed by atoms with Gasteiger partial charge in [0.25, 0.3) is 0 Å². The van der Waals surface area contributed by atoms with Crippen LogP contribution in [-0.4, -0.2) is 16.8 Å². The lowest BCUT2D eigenvalue weighted by Crippen LogP contribution is -2.32. The van der Waals surface area contributed by atoms with E-state index in [9.17, 15) is 10.2 Å². The van der Waals surface area contributed by atoms with Gasteiger partial charge in [-0.05, 0) is 11.1 Å². The predicted molar refractivity (Wildman–Crippen MR) is 67.6 cm³/mol. The van der Waals surface area contributed by atoms with Gasteiger partial charge >= 0.3 is 0 Å². The van der Waals surface area contributed by atoms with Gasteiger partial charge in [0.05, 0.1) is 6.61 Å². The molecule has 0 saturated heterocycles. The lowest BCUT2D eigenvalue weighted by molar-refractivity contribution is -0.0187. The molecule has 2 aromatic carbocycles. The first-order valence-electron chi connectivity index (χ1n) is 5.67. The number of hydrogen-bond acceptors (Lipinski definition) is 2. The van der Waals surface area contributed by atoms with Crippen molar-refractivity contribution in [3.63, 3.8) is 0 Å². The van der Waals surface area contributed by atoms with Crippen LogP contribution in [0.15, 0.2) is 60.7 Å². The van der Waals surface area contributed by atoms with Crippen LogP contribution in [0, 0.1) is 0 Å². The zero-order valence-electron chi connectivity index (χ0n) is 9.58. The molecule has 2 heteroatoms. The fourth-order valence-electron chi connectivity index (χ4n) is 1.93. The third-order valence-corrected chi connectivity index (χ3v) is 2.91. The Labute approximate surface area is 101 Å². The van der Waals surface area contributed by atoms with Crippen LogP contribution in [-0.2, 0) is 12.0 Å². The molecule has 0 unspecified atom stereocenters. The molecule has 0 aliphatic carbocycles. The second kappa shape index (κ2) is 5.13. The summed E-state index contributed by atoms with van der Waals surface area (Å²) in [5, 5.41) is 19.9. The Morgan fingerprint density at radius 1 is 0.824 bits per heavy atom. The summed E-state index contributed by atoms with van der Waals surface area (Å²) in [6, 6.07) is 19.0. The largest absolute Gasteiger partial charge is 0.393 e. The maximum Gasteiger partial charge on any atom is 0.117 e. The lowest BCUT2D eigenvalue weighted by Gasteiger charge is -2.26. The van der Waals surface area contributed by atoms with Gasteiger partial charge in [-0.2, -0.15) is 0 Å². The summed E-state index contributed by atoms with van der Waals surface area (Å²) in [4.78, 5) is 0. The maximum absolute atomic E-state index is 10.5. The first-order chi connectivity index (χ1) is 8.24. The van der Waals surface area contributed by atoms with Crippen molar-refractivity contribution in [2.24, 2.45) is 0 Å². The molecule has 0 spiro atoms. The molecule has 17 heavy (non-hydrogen) atoms. The molecule has 2 aromatic rings. The Hall–Kier alpha value is -1.64. The van der Waals surface area contributed by atoms with Crippen molar-refractivity contribution in [3.05, 3.63) is 71.8 Å². The van der Waals surface area contributed by atoms with E-state index in [-0.39, 0.29) is 6.61 Å². The van der Waals surface area contributed by atoms with E-state index in [2.05, 4.69) is 0 Å². The summed E-state index contributed by atoms with van der Waals surface area (Å²) in [5.74, 6) is 0. The van der Waals surface area contributed by atoms with E-state index >= 15 is 0 Å². The molecule has 88 valence electrons. The Bertz CT molecular complexity index is 453. The Kier molecular flexibility index (Phi) is 3.57. The maximum atomic E-state index is 10.5. The van der Waals surface area contributed by atoms with Gasteiger partial charge < -0.3 is 10.2 Å². The number of benzene rings is 2. The molecule has 0 heterocycles. The monoisotopic (exact) mass is 228 g/mol. The van der Waals surface area contributed by atoms with Crippen molar-refractivity contribution >= 4 is 0 Å². The Balaban J connectivity index is 2.27. The van der Waals surface area contributed by atoms with Crippen LogP contribution in [0.2, 0.25) is 0 Å². The molecular formula is C15H16O2. The van der Waals surface area contributed by atoms with E-state index < -0.39 is 5.60 Å². The second-order valence-electron chi connectivity index (χ2n) is 4.22. The van der Waals surface area contributed by atoms with Crippen LogP contribution in [0.25, 0.3) is 0 Å². The molecule has 0 aromatic heterocycles. The molecule has 2 nitrogen and oxygen atoms in total. The smallest absolute Gasteiger partial charge is 0.117 e. The van der Waals surface area contributed by atoms with Crippen molar-refractivity contribution in [1.82, 2.24) is 0 Å². The molecule has 0 aliphatic rings. The highest BCUT2D eigenvalue weighted by Gasteiger charge is 2.28. The van der Waals surface area contributed by atoms with Crippen molar-refractivity contribution < 1.29 is 10.2 Å². The molecule has 0 saturated carbocycles. The number of aliphatic hydroxyl groups is 2. The molecule has 0 fully saturated rings. The summed E-state index contributed by atoms with van der Waals surface area (Å²) in [7, 11) is 0. The molecule has 0 bridgehead atoms. The van der Waals surface area contributed by atoms with Gasteiger partial charge in [-0.25, -0.2) is 0 Å². The van der Waals surface area contributed by atoms with Crippen molar-refractivity contribution in [2.45, 2.75) is 12.0 Å². The Morgan fingerprint density at radius 3 is 1.88 bits per heavy atom. The van der Waals surface area contributed by atoms with Gasteiger partial charge in [-0.3, -0.25) is 0 Å². The van der Waals surface area contributed by atoms with Crippen LogP contribution in [0.4, 0.5) is 0 Å². The predicted octanol–water partition coefficient (Wildman–Crippen LogP) is 2.11. The standard InChI is InChI=1S/C15H16O2/c16-12-15(17,14-9-5-2-6-10-14)11-13-7-3-1-4-8-13/h1-10,16-17H,11-12H2/t15-/m1/s1. The lowest BCUT2D eigenvalue weighted by atomic mass is 9.88. The van der Waals surface area contributed by atoms with Crippen molar-refractivity contribution in [1.29, 1.82) is 0 Å². The fraction of sp³-hybridized carbons (Fsp3) is 0.200. The van der Waals surface area contributed by atoms with Gasteiger partial charge in [0.1, 0.15) is 5.60 Å². The van der Waals surface area contributed by atoms with E-state index in [4.69, 9.17) is 0 Å². The molecule has 0 amide bonds. The van der Waals surface area contributed by atoms with Crippen LogP contribution >= 0.6 is 0 Å². The van der Waals surface area contributed by atoms with Crippen LogP contribution in [0.5, 0.6) is 0 Å². The second-order valence-corrected chi connectivity index (χ2v) is 4.22. The molecule has 2 N–H and O–H groups in total. The molecular weight excluding hydrogens is 212 g/mol. The van der Waals surface area contributed by atoms with Crippen molar-refractivity contribution in [3.8, 4) is 0 Å². The third kappa shape index (κ3) is 2.73. The minimum absolute atomic E-state index is 0.286. The number of aliphatic hydroxyl groups excluding tert-OH is 1. The zero-order valence-corrected chi connectivity index (χ0v) is 9.58. The molecule has 0 aliphatic heterocycles. The first kappa shape index (κ1) is 11.8.